The molecule has 0 aromatic carbocycles. The summed E-state index contributed by atoms with van der Waals surface area (Å²) >= 11 is 1.70. The average Bonchev–Trinajstić information content (AvgIpc) is 2.99. The van der Waals surface area contributed by atoms with Gasteiger partial charge in [-0.1, -0.05) is 0 Å². The minimum Gasteiger partial charge on any atom is -0.444 e. The third-order valence-electron chi connectivity index (χ3n) is 4.19. The summed E-state index contributed by atoms with van der Waals surface area (Å²) in [6.45, 7) is 10.5. The molecule has 1 aliphatic rings. The van der Waals surface area contributed by atoms with Crippen molar-refractivity contribution in [1.29, 1.82) is 0 Å². The highest BCUT2D eigenvalue weighted by atomic mass is 32.1. The fourth-order valence-electron chi connectivity index (χ4n) is 2.90. The summed E-state index contributed by atoms with van der Waals surface area (Å²) < 4.78 is 5.50. The van der Waals surface area contributed by atoms with E-state index in [0.29, 0.717) is 12.0 Å². The fraction of sp³-hybridized carbons (Fsp3) is 0.765. The van der Waals surface area contributed by atoms with E-state index in [2.05, 4.69) is 23.9 Å². The van der Waals surface area contributed by atoms with E-state index in [1.54, 1.807) is 11.3 Å². The lowest BCUT2D eigenvalue weighted by Gasteiger charge is -2.36. The Labute approximate surface area is 143 Å². The summed E-state index contributed by atoms with van der Waals surface area (Å²) in [6, 6.07) is 0.312. The Kier molecular flexibility index (Phi) is 6.03. The maximum Gasteiger partial charge on any atom is 0.410 e. The van der Waals surface area contributed by atoms with E-state index >= 15 is 0 Å². The van der Waals surface area contributed by atoms with Gasteiger partial charge in [0.25, 0.3) is 0 Å². The molecule has 1 fully saturated rings. The van der Waals surface area contributed by atoms with Gasteiger partial charge in [-0.15, -0.1) is 11.3 Å². The van der Waals surface area contributed by atoms with Gasteiger partial charge in [-0.05, 0) is 53.5 Å². The zero-order valence-corrected chi connectivity index (χ0v) is 15.7. The van der Waals surface area contributed by atoms with Crippen LogP contribution < -0.4 is 0 Å². The van der Waals surface area contributed by atoms with Gasteiger partial charge in [0, 0.05) is 31.2 Å². The molecule has 0 saturated carbocycles. The number of rotatable bonds is 4. The molecule has 1 saturated heterocycles. The van der Waals surface area contributed by atoms with Gasteiger partial charge in [-0.3, -0.25) is 4.90 Å². The molecule has 1 amide bonds. The number of hydrogen-bond donors (Lipinski definition) is 0. The van der Waals surface area contributed by atoms with Gasteiger partial charge in [0.05, 0.1) is 6.04 Å². The lowest BCUT2D eigenvalue weighted by molar-refractivity contribution is 0.0142. The van der Waals surface area contributed by atoms with Gasteiger partial charge in [0.1, 0.15) is 10.6 Å². The predicted molar refractivity (Wildman–Crippen MR) is 93.7 cm³/mol. The zero-order valence-electron chi connectivity index (χ0n) is 14.9. The first-order valence-corrected chi connectivity index (χ1v) is 9.22. The third kappa shape index (κ3) is 5.46. The SMILES string of the molecule is C[C@H](c1nccs1)N(C)C[C@@H]1CCCN(C(=O)OC(C)(C)C)C1. The van der Waals surface area contributed by atoms with Crippen molar-refractivity contribution >= 4 is 17.4 Å². The number of likely N-dealkylation sites (tertiary alicyclic amines) is 1. The largest absolute Gasteiger partial charge is 0.444 e. The Morgan fingerprint density at radius 2 is 2.30 bits per heavy atom. The van der Waals surface area contributed by atoms with Crippen molar-refractivity contribution < 1.29 is 9.53 Å². The molecule has 2 atom stereocenters. The summed E-state index contributed by atoms with van der Waals surface area (Å²) in [5.74, 6) is 0.490. The van der Waals surface area contributed by atoms with Gasteiger partial charge < -0.3 is 9.64 Å². The molecule has 0 bridgehead atoms. The maximum atomic E-state index is 12.2. The van der Waals surface area contributed by atoms with Crippen molar-refractivity contribution in [3.63, 3.8) is 0 Å². The molecule has 130 valence electrons. The second-order valence-electron chi connectivity index (χ2n) is 7.42. The first-order chi connectivity index (χ1) is 10.8. The van der Waals surface area contributed by atoms with Gasteiger partial charge in [-0.2, -0.15) is 0 Å². The van der Waals surface area contributed by atoms with Crippen LogP contribution >= 0.6 is 11.3 Å². The van der Waals surface area contributed by atoms with E-state index in [1.807, 2.05) is 37.2 Å². The Bertz CT molecular complexity index is 498. The molecule has 1 aliphatic heterocycles. The number of piperidine rings is 1. The predicted octanol–water partition coefficient (Wildman–Crippen LogP) is 3.78. The Hall–Kier alpha value is -1.14. The molecule has 0 unspecified atom stereocenters. The third-order valence-corrected chi connectivity index (χ3v) is 5.13. The van der Waals surface area contributed by atoms with Crippen LogP contribution in [-0.2, 0) is 4.74 Å². The molecule has 1 aromatic rings. The molecule has 0 spiro atoms. The number of ether oxygens (including phenoxy) is 1. The van der Waals surface area contributed by atoms with E-state index in [9.17, 15) is 4.79 Å². The monoisotopic (exact) mass is 339 g/mol. The molecule has 2 rings (SSSR count). The number of carbonyl (C=O) groups is 1. The molecule has 0 radical (unpaired) electrons. The summed E-state index contributed by atoms with van der Waals surface area (Å²) in [5, 5.41) is 3.16. The standard InChI is InChI=1S/C17H29N3O2S/c1-13(15-18-8-10-23-15)19(5)11-14-7-6-9-20(12-14)16(21)22-17(2,3)4/h8,10,13-14H,6-7,9,11-12H2,1-5H3/t13-,14+/m1/s1. The summed E-state index contributed by atoms with van der Waals surface area (Å²) in [4.78, 5) is 20.9. The highest BCUT2D eigenvalue weighted by Crippen LogP contribution is 2.25. The second-order valence-corrected chi connectivity index (χ2v) is 8.35. The summed E-state index contributed by atoms with van der Waals surface area (Å²) in [7, 11) is 2.14. The van der Waals surface area contributed by atoms with Gasteiger partial charge in [0.2, 0.25) is 0 Å². The van der Waals surface area contributed by atoms with Crippen LogP contribution in [0.4, 0.5) is 4.79 Å². The van der Waals surface area contributed by atoms with Gasteiger partial charge in [0.15, 0.2) is 0 Å². The van der Waals surface area contributed by atoms with Crippen LogP contribution in [0.3, 0.4) is 0 Å². The van der Waals surface area contributed by atoms with Gasteiger partial charge >= 0.3 is 6.09 Å². The van der Waals surface area contributed by atoms with Crippen LogP contribution in [0.15, 0.2) is 11.6 Å². The number of nitrogens with zero attached hydrogens (tertiary/aromatic N) is 3. The van der Waals surface area contributed by atoms with E-state index in [0.717, 1.165) is 37.5 Å². The Morgan fingerprint density at radius 3 is 2.91 bits per heavy atom. The normalized spacial score (nSPS) is 20.6. The van der Waals surface area contributed by atoms with Crippen molar-refractivity contribution in [2.24, 2.45) is 5.92 Å². The molecule has 0 aliphatic carbocycles. The molecule has 0 N–H and O–H groups in total. The van der Waals surface area contributed by atoms with Crippen LogP contribution in [0.5, 0.6) is 0 Å². The molecule has 23 heavy (non-hydrogen) atoms. The van der Waals surface area contributed by atoms with Crippen LogP contribution in [0.25, 0.3) is 0 Å². The number of hydrogen-bond acceptors (Lipinski definition) is 5. The van der Waals surface area contributed by atoms with Gasteiger partial charge in [-0.25, -0.2) is 9.78 Å². The lowest BCUT2D eigenvalue weighted by Crippen LogP contribution is -2.45. The maximum absolute atomic E-state index is 12.2. The van der Waals surface area contributed by atoms with Crippen LogP contribution in [-0.4, -0.2) is 53.2 Å². The molecule has 6 heteroatoms. The van der Waals surface area contributed by atoms with Crippen LogP contribution in [0, 0.1) is 5.92 Å². The zero-order chi connectivity index (χ0) is 17.0. The van der Waals surface area contributed by atoms with Crippen molar-refractivity contribution in [2.45, 2.75) is 52.2 Å². The van der Waals surface area contributed by atoms with E-state index in [4.69, 9.17) is 4.74 Å². The molecular formula is C17H29N3O2S. The van der Waals surface area contributed by atoms with Crippen LogP contribution in [0.2, 0.25) is 0 Å². The lowest BCUT2D eigenvalue weighted by atomic mass is 9.97. The number of carbonyl (C=O) groups excluding carboxylic acids is 1. The number of amides is 1. The van der Waals surface area contributed by atoms with E-state index in [1.165, 1.54) is 0 Å². The highest BCUT2D eigenvalue weighted by Gasteiger charge is 2.29. The smallest absolute Gasteiger partial charge is 0.410 e. The Balaban J connectivity index is 1.87. The second kappa shape index (κ2) is 7.62. The quantitative estimate of drug-likeness (QED) is 0.837. The molecule has 2 heterocycles. The minimum absolute atomic E-state index is 0.183. The number of aromatic nitrogens is 1. The topological polar surface area (TPSA) is 45.7 Å². The van der Waals surface area contributed by atoms with Crippen molar-refractivity contribution in [3.8, 4) is 0 Å². The molecule has 5 nitrogen and oxygen atoms in total. The first kappa shape index (κ1) is 18.2. The molecule has 1 aromatic heterocycles. The summed E-state index contributed by atoms with van der Waals surface area (Å²) in [5.41, 5.74) is -0.430. The highest BCUT2D eigenvalue weighted by molar-refractivity contribution is 7.09. The van der Waals surface area contributed by atoms with Crippen LogP contribution in [0.1, 0.15) is 51.6 Å². The number of thiazole rings is 1. The van der Waals surface area contributed by atoms with E-state index < -0.39 is 5.60 Å². The fourth-order valence-corrected chi connectivity index (χ4v) is 3.66. The average molecular weight is 340 g/mol. The van der Waals surface area contributed by atoms with E-state index in [-0.39, 0.29) is 6.09 Å². The summed E-state index contributed by atoms with van der Waals surface area (Å²) in [6.07, 6.45) is 3.88. The van der Waals surface area contributed by atoms with Crippen molar-refractivity contribution in [1.82, 2.24) is 14.8 Å². The van der Waals surface area contributed by atoms with Crippen molar-refractivity contribution in [3.05, 3.63) is 16.6 Å². The Morgan fingerprint density at radius 1 is 1.57 bits per heavy atom. The molecular weight excluding hydrogens is 310 g/mol. The first-order valence-electron chi connectivity index (χ1n) is 8.34. The minimum atomic E-state index is -0.430. The van der Waals surface area contributed by atoms with Crippen molar-refractivity contribution in [2.75, 3.05) is 26.7 Å².